The molecule has 1 amide bonds. The molecule has 0 aromatic carbocycles. The first-order valence-electron chi connectivity index (χ1n) is 5.66. The molecule has 0 saturated carbocycles. The summed E-state index contributed by atoms with van der Waals surface area (Å²) in [5, 5.41) is 8.62. The number of methoxy groups -OCH3 is 1. The minimum Gasteiger partial charge on any atom is -0.368 e. The molecule has 1 aliphatic rings. The van der Waals surface area contributed by atoms with Crippen molar-refractivity contribution < 1.29 is 9.53 Å². The third-order valence-corrected chi connectivity index (χ3v) is 3.93. The quantitative estimate of drug-likeness (QED) is 0.887. The summed E-state index contributed by atoms with van der Waals surface area (Å²) in [6.07, 6.45) is 1.39. The van der Waals surface area contributed by atoms with E-state index in [0.29, 0.717) is 18.0 Å². The molecular formula is C11H18ClN3O2S. The van der Waals surface area contributed by atoms with E-state index < -0.39 is 5.60 Å². The minimum absolute atomic E-state index is 0. The Balaban J connectivity index is 0.00000162. The van der Waals surface area contributed by atoms with Gasteiger partial charge in [-0.15, -0.1) is 23.7 Å². The second-order valence-electron chi connectivity index (χ2n) is 4.20. The van der Waals surface area contributed by atoms with Gasteiger partial charge < -0.3 is 10.1 Å². The molecule has 7 heteroatoms. The summed E-state index contributed by atoms with van der Waals surface area (Å²) in [7, 11) is 1.60. The fraction of sp³-hybridized carbons (Fsp3) is 0.636. The number of ether oxygens (including phenoxy) is 1. The Morgan fingerprint density at radius 3 is 2.72 bits per heavy atom. The number of carbonyl (C=O) groups is 1. The average Bonchev–Trinajstić information content (AvgIpc) is 2.75. The maximum Gasteiger partial charge on any atom is 0.258 e. The molecule has 0 spiro atoms. The van der Waals surface area contributed by atoms with Crippen molar-refractivity contribution in [1.29, 1.82) is 0 Å². The number of hydrogen-bond acceptors (Lipinski definition) is 5. The number of hydrogen-bond donors (Lipinski definition) is 2. The molecule has 0 radical (unpaired) electrons. The van der Waals surface area contributed by atoms with Gasteiger partial charge in [0, 0.05) is 12.5 Å². The van der Waals surface area contributed by atoms with Crippen molar-refractivity contribution in [2.75, 3.05) is 25.5 Å². The Bertz CT molecular complexity index is 405. The fourth-order valence-corrected chi connectivity index (χ4v) is 2.66. The maximum atomic E-state index is 12.2. The molecular weight excluding hydrogens is 274 g/mol. The molecule has 5 nitrogen and oxygen atoms in total. The Morgan fingerprint density at radius 1 is 1.56 bits per heavy atom. The van der Waals surface area contributed by atoms with Gasteiger partial charge in [-0.05, 0) is 32.9 Å². The van der Waals surface area contributed by atoms with Gasteiger partial charge in [0.2, 0.25) is 0 Å². The zero-order valence-electron chi connectivity index (χ0n) is 10.5. The highest BCUT2D eigenvalue weighted by Crippen LogP contribution is 2.25. The van der Waals surface area contributed by atoms with Gasteiger partial charge in [0.05, 0.1) is 5.69 Å². The van der Waals surface area contributed by atoms with Gasteiger partial charge in [-0.1, -0.05) is 0 Å². The first kappa shape index (κ1) is 15.4. The van der Waals surface area contributed by atoms with Crippen LogP contribution in [0.25, 0.3) is 0 Å². The molecule has 1 fully saturated rings. The summed E-state index contributed by atoms with van der Waals surface area (Å²) < 4.78 is 5.44. The number of nitrogens with one attached hydrogen (secondary N) is 2. The summed E-state index contributed by atoms with van der Waals surface area (Å²) in [5.41, 5.74) is 0.215. The van der Waals surface area contributed by atoms with E-state index in [9.17, 15) is 4.79 Å². The van der Waals surface area contributed by atoms with Crippen molar-refractivity contribution in [3.8, 4) is 0 Å². The smallest absolute Gasteiger partial charge is 0.258 e. The number of anilines is 1. The van der Waals surface area contributed by atoms with Gasteiger partial charge >= 0.3 is 0 Å². The second kappa shape index (κ2) is 6.47. The number of carbonyl (C=O) groups excluding carboxylic acids is 1. The number of piperidine rings is 1. The van der Waals surface area contributed by atoms with Crippen LogP contribution in [0.3, 0.4) is 0 Å². The Hall–Kier alpha value is -0.690. The summed E-state index contributed by atoms with van der Waals surface area (Å²) >= 11 is 1.44. The molecule has 102 valence electrons. The van der Waals surface area contributed by atoms with Crippen LogP contribution in [0.2, 0.25) is 0 Å². The molecule has 1 saturated heterocycles. The van der Waals surface area contributed by atoms with Crippen LogP contribution in [-0.2, 0) is 9.53 Å². The maximum absolute atomic E-state index is 12.2. The van der Waals surface area contributed by atoms with Gasteiger partial charge in [-0.3, -0.25) is 10.1 Å². The van der Waals surface area contributed by atoms with E-state index in [1.807, 2.05) is 12.3 Å². The highest BCUT2D eigenvalue weighted by molar-refractivity contribution is 7.13. The van der Waals surface area contributed by atoms with Crippen LogP contribution in [0.4, 0.5) is 5.13 Å². The normalized spacial score (nSPS) is 17.9. The molecule has 2 N–H and O–H groups in total. The minimum atomic E-state index is -0.704. The van der Waals surface area contributed by atoms with Crippen molar-refractivity contribution in [2.45, 2.75) is 25.4 Å². The average molecular weight is 292 g/mol. The number of rotatable bonds is 3. The first-order valence-corrected chi connectivity index (χ1v) is 6.54. The van der Waals surface area contributed by atoms with Gasteiger partial charge in [0.15, 0.2) is 5.13 Å². The molecule has 1 aromatic rings. The standard InChI is InChI=1S/C11H17N3O2S.ClH/c1-8-7-17-10(13-8)14-9(15)11(16-2)3-5-12-6-4-11;/h7,12H,3-6H2,1-2H3,(H,13,14,15);1H. The summed E-state index contributed by atoms with van der Waals surface area (Å²) in [6.45, 7) is 3.51. The highest BCUT2D eigenvalue weighted by atomic mass is 35.5. The number of amides is 1. The van der Waals surface area contributed by atoms with Crippen molar-refractivity contribution in [2.24, 2.45) is 0 Å². The first-order chi connectivity index (χ1) is 8.16. The van der Waals surface area contributed by atoms with E-state index in [0.717, 1.165) is 18.8 Å². The lowest BCUT2D eigenvalue weighted by Crippen LogP contribution is -2.51. The Labute approximate surface area is 117 Å². The lowest BCUT2D eigenvalue weighted by molar-refractivity contribution is -0.140. The number of thiazole rings is 1. The van der Waals surface area contributed by atoms with Gasteiger partial charge in [-0.2, -0.15) is 0 Å². The fourth-order valence-electron chi connectivity index (χ4n) is 1.98. The van der Waals surface area contributed by atoms with Gasteiger partial charge in [0.25, 0.3) is 5.91 Å². The number of nitrogens with zero attached hydrogens (tertiary/aromatic N) is 1. The summed E-state index contributed by atoms with van der Waals surface area (Å²) in [5.74, 6) is -0.0872. The van der Waals surface area contributed by atoms with Crippen LogP contribution in [0.15, 0.2) is 5.38 Å². The van der Waals surface area contributed by atoms with E-state index in [4.69, 9.17) is 4.74 Å². The number of aromatic nitrogens is 1. The molecule has 2 rings (SSSR count). The number of halogens is 1. The predicted octanol–water partition coefficient (Wildman–Crippen LogP) is 1.58. The summed E-state index contributed by atoms with van der Waals surface area (Å²) in [4.78, 5) is 16.5. The third-order valence-electron chi connectivity index (χ3n) is 3.06. The van der Waals surface area contributed by atoms with E-state index in [-0.39, 0.29) is 18.3 Å². The molecule has 1 aromatic heterocycles. The zero-order valence-corrected chi connectivity index (χ0v) is 12.1. The van der Waals surface area contributed by atoms with E-state index in [1.54, 1.807) is 7.11 Å². The topological polar surface area (TPSA) is 63.2 Å². The van der Waals surface area contributed by atoms with Gasteiger partial charge in [0.1, 0.15) is 5.60 Å². The largest absolute Gasteiger partial charge is 0.368 e. The lowest BCUT2D eigenvalue weighted by Gasteiger charge is -2.34. The van der Waals surface area contributed by atoms with E-state index >= 15 is 0 Å². The lowest BCUT2D eigenvalue weighted by atomic mass is 9.91. The molecule has 18 heavy (non-hydrogen) atoms. The van der Waals surface area contributed by atoms with Crippen LogP contribution < -0.4 is 10.6 Å². The molecule has 2 heterocycles. The van der Waals surface area contributed by atoms with Crippen LogP contribution in [0.1, 0.15) is 18.5 Å². The van der Waals surface area contributed by atoms with Crippen LogP contribution in [-0.4, -0.2) is 36.7 Å². The highest BCUT2D eigenvalue weighted by Gasteiger charge is 2.39. The monoisotopic (exact) mass is 291 g/mol. The molecule has 1 aliphatic heterocycles. The van der Waals surface area contributed by atoms with Crippen LogP contribution in [0.5, 0.6) is 0 Å². The Kier molecular flexibility index (Phi) is 5.52. The Morgan fingerprint density at radius 2 is 2.22 bits per heavy atom. The van der Waals surface area contributed by atoms with Gasteiger partial charge in [-0.25, -0.2) is 4.98 Å². The van der Waals surface area contributed by atoms with E-state index in [1.165, 1.54) is 11.3 Å². The van der Waals surface area contributed by atoms with Crippen molar-refractivity contribution in [3.05, 3.63) is 11.1 Å². The van der Waals surface area contributed by atoms with Crippen molar-refractivity contribution in [1.82, 2.24) is 10.3 Å². The number of aryl methyl sites for hydroxylation is 1. The molecule has 0 bridgehead atoms. The second-order valence-corrected chi connectivity index (χ2v) is 5.05. The zero-order chi connectivity index (χ0) is 12.3. The van der Waals surface area contributed by atoms with E-state index in [2.05, 4.69) is 15.6 Å². The predicted molar refractivity (Wildman–Crippen MR) is 74.6 cm³/mol. The van der Waals surface area contributed by atoms with Crippen LogP contribution in [0, 0.1) is 6.92 Å². The van der Waals surface area contributed by atoms with Crippen molar-refractivity contribution >= 4 is 34.8 Å². The van der Waals surface area contributed by atoms with Crippen molar-refractivity contribution in [3.63, 3.8) is 0 Å². The molecule has 0 aliphatic carbocycles. The SMILES string of the molecule is COC1(C(=O)Nc2nc(C)cs2)CCNCC1.Cl. The third kappa shape index (κ3) is 3.20. The van der Waals surface area contributed by atoms with Crippen LogP contribution >= 0.6 is 23.7 Å². The molecule has 0 unspecified atom stereocenters. The molecule has 0 atom stereocenters. The summed E-state index contributed by atoms with van der Waals surface area (Å²) in [6, 6.07) is 0.